The van der Waals surface area contributed by atoms with Crippen molar-refractivity contribution in [3.8, 4) is 5.69 Å². The third kappa shape index (κ3) is 4.12. The second-order valence-electron chi connectivity index (χ2n) is 8.25. The van der Waals surface area contributed by atoms with Crippen molar-refractivity contribution in [2.45, 2.75) is 32.5 Å². The third-order valence-electron chi connectivity index (χ3n) is 6.15. The van der Waals surface area contributed by atoms with Crippen molar-refractivity contribution in [2.75, 3.05) is 0 Å². The molecule has 0 bridgehead atoms. The van der Waals surface area contributed by atoms with Crippen LogP contribution in [0.15, 0.2) is 79.3 Å². The summed E-state index contributed by atoms with van der Waals surface area (Å²) in [5.74, 6) is 0. The number of rotatable bonds is 5. The quantitative estimate of drug-likeness (QED) is 0.376. The van der Waals surface area contributed by atoms with Gasteiger partial charge in [-0.2, -0.15) is 0 Å². The Hall–Kier alpha value is -3.22. The van der Waals surface area contributed by atoms with E-state index in [0.29, 0.717) is 6.54 Å². The Morgan fingerprint density at radius 3 is 2.55 bits per heavy atom. The molecule has 1 aromatic carbocycles. The van der Waals surface area contributed by atoms with E-state index in [4.69, 9.17) is 23.8 Å². The van der Waals surface area contributed by atoms with E-state index in [-0.39, 0.29) is 12.1 Å². The molecule has 5 rings (SSSR count). The lowest BCUT2D eigenvalue weighted by Crippen LogP contribution is -2.29. The van der Waals surface area contributed by atoms with Crippen LogP contribution in [0, 0.1) is 13.8 Å². The number of benzene rings is 1. The number of thiocarbonyl (C=S) groups is 1. The average Bonchev–Trinajstić information content (AvgIpc) is 3.31. The molecule has 1 aliphatic rings. The summed E-state index contributed by atoms with van der Waals surface area (Å²) in [5, 5.41) is 4.98. The van der Waals surface area contributed by atoms with Gasteiger partial charge in [-0.25, -0.2) is 0 Å². The predicted molar refractivity (Wildman–Crippen MR) is 135 cm³/mol. The predicted octanol–water partition coefficient (Wildman–Crippen LogP) is 5.71. The van der Waals surface area contributed by atoms with Crippen LogP contribution in [-0.4, -0.2) is 24.5 Å². The van der Waals surface area contributed by atoms with Gasteiger partial charge in [-0.05, 0) is 85.7 Å². The number of aromatic nitrogens is 3. The zero-order chi connectivity index (χ0) is 22.9. The molecule has 0 spiro atoms. The van der Waals surface area contributed by atoms with Gasteiger partial charge in [0.05, 0.1) is 17.8 Å². The van der Waals surface area contributed by atoms with Crippen LogP contribution in [0.4, 0.5) is 0 Å². The number of hydrogen-bond donors (Lipinski definition) is 1. The third-order valence-corrected chi connectivity index (χ3v) is 6.75. The topological polar surface area (TPSA) is 46.0 Å². The highest BCUT2D eigenvalue weighted by Gasteiger charge is 2.41. The van der Waals surface area contributed by atoms with Gasteiger partial charge in [0.15, 0.2) is 5.11 Å². The summed E-state index contributed by atoms with van der Waals surface area (Å²) in [7, 11) is 0. The highest BCUT2D eigenvalue weighted by Crippen LogP contribution is 2.42. The molecule has 7 heteroatoms. The van der Waals surface area contributed by atoms with Crippen LogP contribution in [0.25, 0.3) is 5.69 Å². The minimum atomic E-state index is -0.0606. The summed E-state index contributed by atoms with van der Waals surface area (Å²) in [6, 6.07) is 20.2. The van der Waals surface area contributed by atoms with Crippen LogP contribution in [0.3, 0.4) is 0 Å². The Morgan fingerprint density at radius 1 is 1.03 bits per heavy atom. The fourth-order valence-electron chi connectivity index (χ4n) is 4.68. The van der Waals surface area contributed by atoms with Gasteiger partial charge in [0.25, 0.3) is 0 Å². The Bertz CT molecular complexity index is 1270. The van der Waals surface area contributed by atoms with Gasteiger partial charge >= 0.3 is 0 Å². The van der Waals surface area contributed by atoms with Crippen LogP contribution >= 0.6 is 23.8 Å². The summed E-state index contributed by atoms with van der Waals surface area (Å²) in [6.07, 6.45) is 5.51. The van der Waals surface area contributed by atoms with Crippen LogP contribution in [0.1, 0.15) is 40.3 Å². The fourth-order valence-corrected chi connectivity index (χ4v) is 5.11. The van der Waals surface area contributed by atoms with E-state index in [1.54, 1.807) is 6.20 Å². The molecule has 3 aromatic heterocycles. The highest BCUT2D eigenvalue weighted by atomic mass is 35.5. The van der Waals surface area contributed by atoms with E-state index in [1.165, 1.54) is 11.3 Å². The highest BCUT2D eigenvalue weighted by molar-refractivity contribution is 7.80. The maximum atomic E-state index is 6.14. The van der Waals surface area contributed by atoms with Crippen LogP contribution in [0.2, 0.25) is 5.02 Å². The summed E-state index contributed by atoms with van der Waals surface area (Å²) in [5.41, 5.74) is 6.71. The van der Waals surface area contributed by atoms with Crippen LogP contribution in [0.5, 0.6) is 0 Å². The Kier molecular flexibility index (Phi) is 5.87. The van der Waals surface area contributed by atoms with Gasteiger partial charge in [-0.3, -0.25) is 9.97 Å². The van der Waals surface area contributed by atoms with Crippen molar-refractivity contribution in [1.29, 1.82) is 0 Å². The van der Waals surface area contributed by atoms with Crippen molar-refractivity contribution in [3.63, 3.8) is 0 Å². The maximum Gasteiger partial charge on any atom is 0.170 e. The van der Waals surface area contributed by atoms with Crippen LogP contribution < -0.4 is 5.32 Å². The lowest BCUT2D eigenvalue weighted by molar-refractivity contribution is 0.310. The molecule has 1 saturated heterocycles. The number of hydrogen-bond acceptors (Lipinski definition) is 3. The fraction of sp³-hybridized carbons (Fsp3) is 0.192. The Morgan fingerprint density at radius 2 is 1.85 bits per heavy atom. The maximum absolute atomic E-state index is 6.14. The van der Waals surface area contributed by atoms with Crippen molar-refractivity contribution >= 4 is 28.9 Å². The molecule has 0 amide bonds. The minimum Gasteiger partial charge on any atom is -0.352 e. The van der Waals surface area contributed by atoms with Crippen molar-refractivity contribution < 1.29 is 0 Å². The molecule has 4 aromatic rings. The van der Waals surface area contributed by atoms with E-state index >= 15 is 0 Å². The van der Waals surface area contributed by atoms with Gasteiger partial charge < -0.3 is 14.8 Å². The zero-order valence-corrected chi connectivity index (χ0v) is 20.0. The van der Waals surface area contributed by atoms with Crippen LogP contribution in [-0.2, 0) is 6.54 Å². The summed E-state index contributed by atoms with van der Waals surface area (Å²) >= 11 is 12.0. The largest absolute Gasteiger partial charge is 0.352 e. The lowest BCUT2D eigenvalue weighted by atomic mass is 9.96. The molecule has 166 valence electrons. The molecule has 33 heavy (non-hydrogen) atoms. The molecular formula is C26H24ClN5S. The monoisotopic (exact) mass is 473 g/mol. The standard InChI is InChI=1S/C26H24ClN5S/c1-17-14-22(18(2)32(17)21-10-8-20(27)9-11-21)25-24(23-7-3-4-13-29-23)30-26(33)31(25)16-19-6-5-12-28-15-19/h3-15,24-25H,16H2,1-2H3,(H,30,33)/t24-,25+/m0/s1. The molecule has 2 atom stereocenters. The summed E-state index contributed by atoms with van der Waals surface area (Å²) < 4.78 is 2.27. The molecule has 4 heterocycles. The van der Waals surface area contributed by atoms with Gasteiger partial charge in [0.2, 0.25) is 0 Å². The Labute approximate surface area is 204 Å². The number of aryl methyl sites for hydroxylation is 1. The van der Waals surface area contributed by atoms with Gasteiger partial charge in [-0.1, -0.05) is 23.7 Å². The van der Waals surface area contributed by atoms with E-state index in [0.717, 1.165) is 32.8 Å². The summed E-state index contributed by atoms with van der Waals surface area (Å²) in [4.78, 5) is 11.2. The lowest BCUT2D eigenvalue weighted by Gasteiger charge is -2.28. The molecule has 1 aliphatic heterocycles. The number of nitrogens with zero attached hydrogens (tertiary/aromatic N) is 4. The van der Waals surface area contributed by atoms with Gasteiger partial charge in [-0.15, -0.1) is 0 Å². The normalized spacial score (nSPS) is 17.9. The molecule has 1 fully saturated rings. The van der Waals surface area contributed by atoms with Crippen molar-refractivity contribution in [3.05, 3.63) is 112 Å². The first-order valence-electron chi connectivity index (χ1n) is 10.8. The molecule has 5 nitrogen and oxygen atoms in total. The van der Waals surface area contributed by atoms with E-state index in [9.17, 15) is 0 Å². The smallest absolute Gasteiger partial charge is 0.170 e. The number of halogens is 1. The zero-order valence-electron chi connectivity index (χ0n) is 18.4. The van der Waals surface area contributed by atoms with Crippen molar-refractivity contribution in [2.24, 2.45) is 0 Å². The Balaban J connectivity index is 1.61. The van der Waals surface area contributed by atoms with E-state index in [2.05, 4.69) is 56.8 Å². The minimum absolute atomic E-state index is 0.0140. The SMILES string of the molecule is Cc1cc([C@@H]2[C@H](c3ccccn3)NC(=S)N2Cc2cccnc2)c(C)n1-c1ccc(Cl)cc1. The molecular weight excluding hydrogens is 450 g/mol. The molecule has 1 N–H and O–H groups in total. The van der Waals surface area contributed by atoms with E-state index in [1.807, 2.05) is 54.9 Å². The molecule has 0 aliphatic carbocycles. The van der Waals surface area contributed by atoms with Gasteiger partial charge in [0, 0.05) is 47.2 Å². The first kappa shape index (κ1) is 21.6. The average molecular weight is 474 g/mol. The summed E-state index contributed by atoms with van der Waals surface area (Å²) in [6.45, 7) is 4.96. The second-order valence-corrected chi connectivity index (χ2v) is 9.08. The second kappa shape index (κ2) is 8.96. The first-order chi connectivity index (χ1) is 16.0. The number of pyridine rings is 2. The molecule has 0 unspecified atom stereocenters. The molecule has 0 radical (unpaired) electrons. The first-order valence-corrected chi connectivity index (χ1v) is 11.6. The van der Waals surface area contributed by atoms with E-state index < -0.39 is 0 Å². The number of nitrogens with one attached hydrogen (secondary N) is 1. The van der Waals surface area contributed by atoms with Crippen molar-refractivity contribution in [1.82, 2.24) is 24.8 Å². The molecule has 0 saturated carbocycles. The van der Waals surface area contributed by atoms with Gasteiger partial charge in [0.1, 0.15) is 0 Å².